The molecule has 0 aromatic heterocycles. The van der Waals surface area contributed by atoms with Crippen molar-refractivity contribution in [2.45, 2.75) is 38.3 Å². The van der Waals surface area contributed by atoms with Crippen LogP contribution in [0.5, 0.6) is 0 Å². The molecule has 4 atom stereocenters. The van der Waals surface area contributed by atoms with Crippen molar-refractivity contribution in [1.82, 2.24) is 10.2 Å². The standard InChI is InChI=1S/C17H22N2O7S/c1-10(19-15(21)12-4-2-3-5-13(12)16(19)22)17(23)26-8-14(20)18-11-6-7-27(24,25)9-11/h2-3,10-13H,4-9H2,1H3,(H,18,20)/t10-,11-,12-,13-/m0/s1. The molecule has 27 heavy (non-hydrogen) atoms. The van der Waals surface area contributed by atoms with Crippen molar-refractivity contribution < 1.29 is 32.3 Å². The first kappa shape index (κ1) is 19.5. The second-order valence-corrected chi connectivity index (χ2v) is 9.38. The number of nitrogens with one attached hydrogen (secondary N) is 1. The summed E-state index contributed by atoms with van der Waals surface area (Å²) in [5.41, 5.74) is 0. The lowest BCUT2D eigenvalue weighted by atomic mass is 9.85. The fraction of sp³-hybridized carbons (Fsp3) is 0.647. The minimum absolute atomic E-state index is 0.0190. The second-order valence-electron chi connectivity index (χ2n) is 7.15. The number of hydrogen-bond acceptors (Lipinski definition) is 7. The van der Waals surface area contributed by atoms with E-state index in [0.717, 1.165) is 4.90 Å². The zero-order valence-corrected chi connectivity index (χ0v) is 15.7. The summed E-state index contributed by atoms with van der Waals surface area (Å²) in [4.78, 5) is 49.9. The Morgan fingerprint density at radius 2 is 1.81 bits per heavy atom. The van der Waals surface area contributed by atoms with Crippen LogP contribution in [0.25, 0.3) is 0 Å². The third-order valence-electron chi connectivity index (χ3n) is 5.21. The van der Waals surface area contributed by atoms with Crippen LogP contribution in [0.4, 0.5) is 0 Å². The van der Waals surface area contributed by atoms with E-state index in [1.54, 1.807) is 0 Å². The number of ether oxygens (including phenoxy) is 1. The lowest BCUT2D eigenvalue weighted by Gasteiger charge is -2.21. The molecule has 3 amide bonds. The van der Waals surface area contributed by atoms with Crippen molar-refractivity contribution in [3.05, 3.63) is 12.2 Å². The van der Waals surface area contributed by atoms with E-state index in [1.165, 1.54) is 6.92 Å². The quantitative estimate of drug-likeness (QED) is 0.364. The van der Waals surface area contributed by atoms with E-state index in [-0.39, 0.29) is 23.3 Å². The topological polar surface area (TPSA) is 127 Å². The van der Waals surface area contributed by atoms with Crippen molar-refractivity contribution in [3.8, 4) is 0 Å². The van der Waals surface area contributed by atoms with Crippen molar-refractivity contribution in [2.75, 3.05) is 18.1 Å². The second kappa shape index (κ2) is 7.41. The van der Waals surface area contributed by atoms with E-state index >= 15 is 0 Å². The monoisotopic (exact) mass is 398 g/mol. The van der Waals surface area contributed by atoms with Crippen molar-refractivity contribution >= 4 is 33.5 Å². The molecule has 2 heterocycles. The SMILES string of the molecule is C[C@@H](C(=O)OCC(=O)N[C@H]1CCS(=O)(=O)C1)N1C(=O)[C@H]2CC=CC[C@@H]2C1=O. The highest BCUT2D eigenvalue weighted by Gasteiger charge is 2.50. The summed E-state index contributed by atoms with van der Waals surface area (Å²) in [5, 5.41) is 2.51. The molecule has 3 rings (SSSR count). The Morgan fingerprint density at radius 1 is 1.22 bits per heavy atom. The minimum Gasteiger partial charge on any atom is -0.454 e. The van der Waals surface area contributed by atoms with Gasteiger partial charge < -0.3 is 10.1 Å². The molecule has 2 fully saturated rings. The van der Waals surface area contributed by atoms with Gasteiger partial charge in [0.2, 0.25) is 11.8 Å². The number of hydrogen-bond donors (Lipinski definition) is 1. The average Bonchev–Trinajstić information content (AvgIpc) is 3.09. The molecule has 0 bridgehead atoms. The normalized spacial score (nSPS) is 30.1. The van der Waals surface area contributed by atoms with E-state index < -0.39 is 52.2 Å². The first-order valence-corrected chi connectivity index (χ1v) is 10.7. The van der Waals surface area contributed by atoms with Crippen molar-refractivity contribution in [1.29, 1.82) is 0 Å². The molecule has 3 aliphatic rings. The number of imide groups is 1. The molecule has 0 radical (unpaired) electrons. The lowest BCUT2D eigenvalue weighted by molar-refractivity contribution is -0.159. The van der Waals surface area contributed by atoms with E-state index in [0.29, 0.717) is 19.3 Å². The highest BCUT2D eigenvalue weighted by atomic mass is 32.2. The molecular weight excluding hydrogens is 376 g/mol. The van der Waals surface area contributed by atoms with Gasteiger partial charge in [0.05, 0.1) is 23.3 Å². The molecule has 0 spiro atoms. The number of carbonyl (C=O) groups excluding carboxylic acids is 4. The summed E-state index contributed by atoms with van der Waals surface area (Å²) in [6.45, 7) is 0.800. The van der Waals surface area contributed by atoms with Crippen molar-refractivity contribution in [3.63, 3.8) is 0 Å². The number of fused-ring (bicyclic) bond motifs is 1. The van der Waals surface area contributed by atoms with Gasteiger partial charge in [0, 0.05) is 6.04 Å². The Balaban J connectivity index is 1.51. The third-order valence-corrected chi connectivity index (χ3v) is 6.98. The van der Waals surface area contributed by atoms with E-state index in [4.69, 9.17) is 4.74 Å². The Morgan fingerprint density at radius 3 is 2.33 bits per heavy atom. The molecule has 0 saturated carbocycles. The fourth-order valence-electron chi connectivity index (χ4n) is 3.75. The highest BCUT2D eigenvalue weighted by molar-refractivity contribution is 7.91. The molecule has 2 aliphatic heterocycles. The number of nitrogens with zero attached hydrogens (tertiary/aromatic N) is 1. The van der Waals surface area contributed by atoms with Gasteiger partial charge >= 0.3 is 5.97 Å². The summed E-state index contributed by atoms with van der Waals surface area (Å²) >= 11 is 0. The van der Waals surface area contributed by atoms with Gasteiger partial charge in [-0.3, -0.25) is 19.3 Å². The van der Waals surface area contributed by atoms with E-state index in [1.807, 2.05) is 12.2 Å². The molecule has 2 saturated heterocycles. The van der Waals surface area contributed by atoms with Gasteiger partial charge in [-0.1, -0.05) is 12.2 Å². The van der Waals surface area contributed by atoms with E-state index in [2.05, 4.69) is 5.32 Å². The summed E-state index contributed by atoms with van der Waals surface area (Å²) in [5.74, 6) is -3.23. The van der Waals surface area contributed by atoms with Crippen molar-refractivity contribution in [2.24, 2.45) is 11.8 Å². The maximum absolute atomic E-state index is 12.5. The predicted octanol–water partition coefficient (Wildman–Crippen LogP) is -0.827. The molecular formula is C17H22N2O7S. The predicted molar refractivity (Wildman–Crippen MR) is 92.8 cm³/mol. The number of rotatable bonds is 5. The molecule has 1 aliphatic carbocycles. The Hall–Kier alpha value is -2.23. The summed E-state index contributed by atoms with van der Waals surface area (Å²) in [6.07, 6.45) is 4.98. The average molecular weight is 398 g/mol. The Labute approximate surface area is 157 Å². The number of esters is 1. The molecule has 0 aromatic carbocycles. The molecule has 0 unspecified atom stereocenters. The van der Waals surface area contributed by atoms with Crippen LogP contribution in [0.3, 0.4) is 0 Å². The van der Waals surface area contributed by atoms with Crippen LogP contribution >= 0.6 is 0 Å². The molecule has 148 valence electrons. The van der Waals surface area contributed by atoms with Gasteiger partial charge in [0.25, 0.3) is 5.91 Å². The van der Waals surface area contributed by atoms with Crippen LogP contribution in [0.1, 0.15) is 26.2 Å². The van der Waals surface area contributed by atoms with Gasteiger partial charge in [0.15, 0.2) is 16.4 Å². The van der Waals surface area contributed by atoms with Gasteiger partial charge in [0.1, 0.15) is 6.04 Å². The van der Waals surface area contributed by atoms with Gasteiger partial charge in [-0.25, -0.2) is 13.2 Å². The summed E-state index contributed by atoms with van der Waals surface area (Å²) < 4.78 is 27.7. The fourth-order valence-corrected chi connectivity index (χ4v) is 5.42. The molecule has 1 N–H and O–H groups in total. The van der Waals surface area contributed by atoms with Crippen LogP contribution in [0, 0.1) is 11.8 Å². The van der Waals surface area contributed by atoms with Gasteiger partial charge in [-0.15, -0.1) is 0 Å². The maximum atomic E-state index is 12.5. The smallest absolute Gasteiger partial charge is 0.329 e. The largest absolute Gasteiger partial charge is 0.454 e. The van der Waals surface area contributed by atoms with Crippen LogP contribution in [-0.4, -0.2) is 67.2 Å². The third kappa shape index (κ3) is 4.05. The summed E-state index contributed by atoms with van der Waals surface area (Å²) in [6, 6.07) is -1.61. The van der Waals surface area contributed by atoms with Gasteiger partial charge in [-0.05, 0) is 26.2 Å². The van der Waals surface area contributed by atoms with Crippen LogP contribution in [0.15, 0.2) is 12.2 Å². The van der Waals surface area contributed by atoms with Crippen LogP contribution in [0.2, 0.25) is 0 Å². The number of likely N-dealkylation sites (tertiary alicyclic amines) is 1. The minimum atomic E-state index is -3.13. The maximum Gasteiger partial charge on any atom is 0.329 e. The number of allylic oxidation sites excluding steroid dienone is 2. The number of carbonyl (C=O) groups is 4. The first-order chi connectivity index (χ1) is 12.7. The first-order valence-electron chi connectivity index (χ1n) is 8.88. The number of sulfone groups is 1. The summed E-state index contributed by atoms with van der Waals surface area (Å²) in [7, 11) is -3.13. The highest BCUT2D eigenvalue weighted by Crippen LogP contribution is 2.36. The molecule has 9 nitrogen and oxygen atoms in total. The van der Waals surface area contributed by atoms with Gasteiger partial charge in [-0.2, -0.15) is 0 Å². The molecule has 10 heteroatoms. The zero-order chi connectivity index (χ0) is 19.8. The van der Waals surface area contributed by atoms with Crippen LogP contribution in [-0.2, 0) is 33.8 Å². The van der Waals surface area contributed by atoms with E-state index in [9.17, 15) is 27.6 Å². The Bertz CT molecular complexity index is 778. The molecule has 0 aromatic rings. The zero-order valence-electron chi connectivity index (χ0n) is 14.9. The Kier molecular flexibility index (Phi) is 5.36. The lowest BCUT2D eigenvalue weighted by Crippen LogP contribution is -2.45. The number of amides is 3. The van der Waals surface area contributed by atoms with Crippen LogP contribution < -0.4 is 5.32 Å².